The zero-order chi connectivity index (χ0) is 21.1. The number of carbonyl (C=O) groups is 2. The Bertz CT molecular complexity index is 1070. The molecule has 0 spiro atoms. The van der Waals surface area contributed by atoms with Crippen LogP contribution >= 0.6 is 23.2 Å². The van der Waals surface area contributed by atoms with Crippen LogP contribution < -0.4 is 4.74 Å². The standard InChI is InChI=1S/C21H19Cl2NO5/c1-4-28-29-20(25)10-15-12(2)24(21(26)13-5-7-14(22)8-6-13)18-11-17(23)19(27-3)9-16(15)18/h5-9,11H,4,10H2,1-3H3. The molecule has 0 atom stereocenters. The molecule has 0 radical (unpaired) electrons. The number of nitrogens with zero attached hydrogens (tertiary/aromatic N) is 1. The third-order valence-electron chi connectivity index (χ3n) is 4.49. The average Bonchev–Trinajstić information content (AvgIpc) is 2.96. The molecule has 0 saturated carbocycles. The predicted octanol–water partition coefficient (Wildman–Crippen LogP) is 4.99. The van der Waals surface area contributed by atoms with E-state index in [2.05, 4.69) is 0 Å². The fourth-order valence-corrected chi connectivity index (χ4v) is 3.50. The van der Waals surface area contributed by atoms with Crippen molar-refractivity contribution < 1.29 is 24.1 Å². The van der Waals surface area contributed by atoms with Gasteiger partial charge < -0.3 is 4.74 Å². The molecule has 3 aromatic rings. The van der Waals surface area contributed by atoms with Gasteiger partial charge in [0.25, 0.3) is 5.91 Å². The van der Waals surface area contributed by atoms with E-state index in [0.29, 0.717) is 43.5 Å². The van der Waals surface area contributed by atoms with Gasteiger partial charge in [-0.15, -0.1) is 0 Å². The van der Waals surface area contributed by atoms with Gasteiger partial charge in [-0.2, -0.15) is 4.89 Å². The van der Waals surface area contributed by atoms with Gasteiger partial charge in [0.2, 0.25) is 0 Å². The molecule has 0 N–H and O–H groups in total. The van der Waals surface area contributed by atoms with E-state index in [9.17, 15) is 9.59 Å². The first kappa shape index (κ1) is 21.2. The summed E-state index contributed by atoms with van der Waals surface area (Å²) in [5, 5.41) is 1.55. The maximum Gasteiger partial charge on any atom is 0.346 e. The van der Waals surface area contributed by atoms with Crippen molar-refractivity contribution >= 4 is 46.0 Å². The van der Waals surface area contributed by atoms with Crippen molar-refractivity contribution in [3.63, 3.8) is 0 Å². The van der Waals surface area contributed by atoms with Crippen LogP contribution in [0, 0.1) is 6.92 Å². The van der Waals surface area contributed by atoms with Crippen LogP contribution in [0.1, 0.15) is 28.5 Å². The summed E-state index contributed by atoms with van der Waals surface area (Å²) in [5.41, 5.74) is 2.23. The molecule has 152 valence electrons. The first-order valence-electron chi connectivity index (χ1n) is 8.87. The number of benzene rings is 2. The highest BCUT2D eigenvalue weighted by molar-refractivity contribution is 6.33. The quantitative estimate of drug-likeness (QED) is 0.402. The average molecular weight is 436 g/mol. The minimum absolute atomic E-state index is 0.0754. The summed E-state index contributed by atoms with van der Waals surface area (Å²) in [4.78, 5) is 34.9. The molecule has 0 aliphatic heterocycles. The molecule has 0 fully saturated rings. The molecular formula is C21H19Cl2NO5. The largest absolute Gasteiger partial charge is 0.495 e. The summed E-state index contributed by atoms with van der Waals surface area (Å²) in [6.45, 7) is 3.71. The van der Waals surface area contributed by atoms with E-state index in [1.165, 1.54) is 11.7 Å². The number of carbonyl (C=O) groups excluding carboxylic acids is 2. The Morgan fingerprint density at radius 3 is 2.41 bits per heavy atom. The van der Waals surface area contributed by atoms with Crippen LogP contribution in [-0.4, -0.2) is 30.2 Å². The molecule has 0 unspecified atom stereocenters. The molecule has 0 aliphatic rings. The van der Waals surface area contributed by atoms with E-state index < -0.39 is 5.97 Å². The number of ether oxygens (including phenoxy) is 1. The van der Waals surface area contributed by atoms with Crippen molar-refractivity contribution in [1.29, 1.82) is 0 Å². The van der Waals surface area contributed by atoms with Crippen LogP contribution in [0.4, 0.5) is 0 Å². The second-order valence-electron chi connectivity index (χ2n) is 6.25. The molecule has 2 aromatic carbocycles. The van der Waals surface area contributed by atoms with Crippen LogP contribution in [0.3, 0.4) is 0 Å². The fourth-order valence-electron chi connectivity index (χ4n) is 3.14. The van der Waals surface area contributed by atoms with Crippen molar-refractivity contribution in [2.75, 3.05) is 13.7 Å². The first-order chi connectivity index (χ1) is 13.9. The SMILES string of the molecule is CCOOC(=O)Cc1c(C)n(C(=O)c2ccc(Cl)cc2)c2cc(Cl)c(OC)cc12. The van der Waals surface area contributed by atoms with E-state index in [4.69, 9.17) is 37.7 Å². The summed E-state index contributed by atoms with van der Waals surface area (Å²) < 4.78 is 6.82. The van der Waals surface area contributed by atoms with Gasteiger partial charge in [0, 0.05) is 21.7 Å². The van der Waals surface area contributed by atoms with Crippen LogP contribution in [0.15, 0.2) is 36.4 Å². The molecule has 6 nitrogen and oxygen atoms in total. The zero-order valence-electron chi connectivity index (χ0n) is 16.1. The monoisotopic (exact) mass is 435 g/mol. The molecule has 0 bridgehead atoms. The van der Waals surface area contributed by atoms with Crippen molar-refractivity contribution in [2.24, 2.45) is 0 Å². The lowest BCUT2D eigenvalue weighted by molar-refractivity contribution is -0.268. The van der Waals surface area contributed by atoms with Gasteiger partial charge in [-0.05, 0) is 55.8 Å². The number of hydrogen-bond donors (Lipinski definition) is 0. The van der Waals surface area contributed by atoms with Gasteiger partial charge in [0.15, 0.2) is 0 Å². The Hall–Kier alpha value is -2.54. The normalized spacial score (nSPS) is 10.9. The second kappa shape index (κ2) is 8.86. The van der Waals surface area contributed by atoms with Gasteiger partial charge in [-0.25, -0.2) is 4.79 Å². The Kier molecular flexibility index (Phi) is 6.47. The predicted molar refractivity (Wildman–Crippen MR) is 111 cm³/mol. The molecular weight excluding hydrogens is 417 g/mol. The minimum Gasteiger partial charge on any atom is -0.495 e. The molecule has 0 aliphatic carbocycles. The van der Waals surface area contributed by atoms with E-state index in [1.54, 1.807) is 50.2 Å². The van der Waals surface area contributed by atoms with Crippen LogP contribution in [0.5, 0.6) is 5.75 Å². The summed E-state index contributed by atoms with van der Waals surface area (Å²) in [6.07, 6.45) is -0.0754. The van der Waals surface area contributed by atoms with Crippen molar-refractivity contribution in [3.8, 4) is 5.75 Å². The Morgan fingerprint density at radius 1 is 1.10 bits per heavy atom. The molecule has 0 saturated heterocycles. The molecule has 3 rings (SSSR count). The van der Waals surface area contributed by atoms with Gasteiger partial charge in [-0.3, -0.25) is 14.2 Å². The lowest BCUT2D eigenvalue weighted by Crippen LogP contribution is -2.14. The summed E-state index contributed by atoms with van der Waals surface area (Å²) in [7, 11) is 1.50. The van der Waals surface area contributed by atoms with Crippen LogP contribution in [0.2, 0.25) is 10.0 Å². The Morgan fingerprint density at radius 2 is 1.79 bits per heavy atom. The zero-order valence-corrected chi connectivity index (χ0v) is 17.6. The maximum atomic E-state index is 13.2. The highest BCUT2D eigenvalue weighted by Crippen LogP contribution is 2.35. The van der Waals surface area contributed by atoms with Gasteiger partial charge in [-0.1, -0.05) is 23.2 Å². The number of aromatic nitrogens is 1. The molecule has 8 heteroatoms. The molecule has 29 heavy (non-hydrogen) atoms. The van der Waals surface area contributed by atoms with Crippen LogP contribution in [-0.2, 0) is 21.0 Å². The third kappa shape index (κ3) is 4.24. The van der Waals surface area contributed by atoms with Crippen LogP contribution in [0.25, 0.3) is 10.9 Å². The number of rotatable bonds is 6. The van der Waals surface area contributed by atoms with E-state index in [0.717, 1.165) is 0 Å². The van der Waals surface area contributed by atoms with E-state index in [1.807, 2.05) is 0 Å². The number of methoxy groups -OCH3 is 1. The van der Waals surface area contributed by atoms with Crippen molar-refractivity contribution in [1.82, 2.24) is 4.57 Å². The highest BCUT2D eigenvalue weighted by Gasteiger charge is 2.23. The van der Waals surface area contributed by atoms with Gasteiger partial charge >= 0.3 is 5.97 Å². The minimum atomic E-state index is -0.568. The third-order valence-corrected chi connectivity index (χ3v) is 5.04. The molecule has 1 aromatic heterocycles. The number of halogens is 2. The second-order valence-corrected chi connectivity index (χ2v) is 7.10. The summed E-state index contributed by atoms with van der Waals surface area (Å²) in [5.74, 6) is -0.397. The Labute approximate surface area is 177 Å². The lowest BCUT2D eigenvalue weighted by Gasteiger charge is -2.09. The van der Waals surface area contributed by atoms with Crippen molar-refractivity contribution in [3.05, 3.63) is 63.3 Å². The highest BCUT2D eigenvalue weighted by atomic mass is 35.5. The lowest BCUT2D eigenvalue weighted by atomic mass is 10.1. The van der Waals surface area contributed by atoms with E-state index >= 15 is 0 Å². The van der Waals surface area contributed by atoms with Gasteiger partial charge in [0.05, 0.1) is 30.7 Å². The summed E-state index contributed by atoms with van der Waals surface area (Å²) in [6, 6.07) is 9.93. The van der Waals surface area contributed by atoms with Gasteiger partial charge in [0.1, 0.15) is 5.75 Å². The van der Waals surface area contributed by atoms with Crippen molar-refractivity contribution in [2.45, 2.75) is 20.3 Å². The number of hydrogen-bond acceptors (Lipinski definition) is 5. The smallest absolute Gasteiger partial charge is 0.346 e. The maximum absolute atomic E-state index is 13.2. The summed E-state index contributed by atoms with van der Waals surface area (Å²) >= 11 is 12.2. The fraction of sp³-hybridized carbons (Fsp3) is 0.238. The molecule has 1 heterocycles. The Balaban J connectivity index is 2.17. The van der Waals surface area contributed by atoms with E-state index in [-0.39, 0.29) is 18.9 Å². The topological polar surface area (TPSA) is 66.8 Å². The molecule has 0 amide bonds. The number of fused-ring (bicyclic) bond motifs is 1. The first-order valence-corrected chi connectivity index (χ1v) is 9.63.